The van der Waals surface area contributed by atoms with Crippen LogP contribution in [0.15, 0.2) is 23.2 Å². The highest BCUT2D eigenvalue weighted by Gasteiger charge is 2.26. The van der Waals surface area contributed by atoms with Gasteiger partial charge in [0.15, 0.2) is 0 Å². The van der Waals surface area contributed by atoms with Gasteiger partial charge in [-0.2, -0.15) is 0 Å². The first-order valence-electron chi connectivity index (χ1n) is 5.23. The maximum absolute atomic E-state index is 11.4. The molecule has 2 N–H and O–H groups in total. The summed E-state index contributed by atoms with van der Waals surface area (Å²) in [6.07, 6.45) is 1.31. The molecule has 0 amide bonds. The fourth-order valence-corrected chi connectivity index (χ4v) is 1.97. The van der Waals surface area contributed by atoms with Crippen molar-refractivity contribution in [2.75, 3.05) is 5.73 Å². The van der Waals surface area contributed by atoms with Crippen LogP contribution in [-0.2, 0) is 4.79 Å². The highest BCUT2D eigenvalue weighted by molar-refractivity contribution is 6.35. The van der Waals surface area contributed by atoms with Crippen molar-refractivity contribution < 1.29 is 4.79 Å². The van der Waals surface area contributed by atoms with Crippen molar-refractivity contribution in [3.63, 3.8) is 0 Å². The minimum atomic E-state index is -0.0857. The van der Waals surface area contributed by atoms with Gasteiger partial charge in [0.1, 0.15) is 5.78 Å². The van der Waals surface area contributed by atoms with Crippen LogP contribution in [0.25, 0.3) is 0 Å². The molecule has 16 heavy (non-hydrogen) atoms. The summed E-state index contributed by atoms with van der Waals surface area (Å²) in [4.78, 5) is 15.8. The molecule has 1 aliphatic rings. The molecule has 4 heteroatoms. The number of aliphatic imine (C=N–C) groups is 1. The van der Waals surface area contributed by atoms with Gasteiger partial charge in [-0.1, -0.05) is 24.6 Å². The fraction of sp³-hybridized carbons (Fsp3) is 0.333. The average molecular weight is 237 g/mol. The van der Waals surface area contributed by atoms with E-state index in [0.29, 0.717) is 22.8 Å². The molecule has 1 fully saturated rings. The van der Waals surface area contributed by atoms with Gasteiger partial charge in [0.2, 0.25) is 0 Å². The van der Waals surface area contributed by atoms with Crippen LogP contribution < -0.4 is 5.73 Å². The second kappa shape index (κ2) is 4.26. The largest absolute Gasteiger partial charge is 0.397 e. The number of benzene rings is 1. The summed E-state index contributed by atoms with van der Waals surface area (Å²) in [5, 5.41) is 0.460. The van der Waals surface area contributed by atoms with Crippen LogP contribution in [0.5, 0.6) is 0 Å². The summed E-state index contributed by atoms with van der Waals surface area (Å²) in [6.45, 7) is 1.88. The van der Waals surface area contributed by atoms with Gasteiger partial charge in [-0.3, -0.25) is 9.79 Å². The van der Waals surface area contributed by atoms with E-state index in [9.17, 15) is 4.79 Å². The van der Waals surface area contributed by atoms with Gasteiger partial charge < -0.3 is 5.73 Å². The number of nitrogens with zero attached hydrogens (tertiary/aromatic N) is 1. The molecule has 1 aliphatic carbocycles. The zero-order valence-electron chi connectivity index (χ0n) is 9.03. The molecule has 0 aliphatic heterocycles. The molecule has 0 radical (unpaired) electrons. The van der Waals surface area contributed by atoms with Crippen LogP contribution >= 0.6 is 11.6 Å². The van der Waals surface area contributed by atoms with Crippen molar-refractivity contribution in [2.45, 2.75) is 19.8 Å². The maximum atomic E-state index is 11.4. The minimum Gasteiger partial charge on any atom is -0.397 e. The Hall–Kier alpha value is -1.35. The van der Waals surface area contributed by atoms with Gasteiger partial charge >= 0.3 is 0 Å². The first kappa shape index (κ1) is 11.1. The Kier molecular flexibility index (Phi) is 2.97. The first-order chi connectivity index (χ1) is 7.59. The lowest BCUT2D eigenvalue weighted by atomic mass is 10.1. The lowest BCUT2D eigenvalue weighted by molar-refractivity contribution is -0.119. The van der Waals surface area contributed by atoms with E-state index in [1.54, 1.807) is 12.1 Å². The molecule has 1 aromatic carbocycles. The van der Waals surface area contributed by atoms with E-state index in [1.807, 2.05) is 13.0 Å². The number of anilines is 1. The molecule has 1 saturated carbocycles. The maximum Gasteiger partial charge on any atom is 0.141 e. The fourth-order valence-electron chi connectivity index (χ4n) is 1.80. The minimum absolute atomic E-state index is 0.0857. The standard InChI is InChI=1S/C12H13ClN2O/c1-7-9(5-6-11(7)16)15-10-4-2-3-8(14)12(10)13/h2-4,7H,5-6,14H2,1H3. The van der Waals surface area contributed by atoms with Gasteiger partial charge in [0.05, 0.1) is 22.3 Å². The summed E-state index contributed by atoms with van der Waals surface area (Å²) in [5.41, 5.74) is 7.75. The highest BCUT2D eigenvalue weighted by Crippen LogP contribution is 2.32. The number of nitrogen functional groups attached to an aromatic ring is 1. The molecule has 84 valence electrons. The van der Waals surface area contributed by atoms with Crippen molar-refractivity contribution in [3.05, 3.63) is 23.2 Å². The number of rotatable bonds is 1. The zero-order valence-corrected chi connectivity index (χ0v) is 9.79. The van der Waals surface area contributed by atoms with E-state index in [0.717, 1.165) is 12.1 Å². The summed E-state index contributed by atoms with van der Waals surface area (Å²) >= 11 is 6.04. The molecule has 1 atom stereocenters. The Balaban J connectivity index is 2.37. The number of ketones is 1. The summed E-state index contributed by atoms with van der Waals surface area (Å²) in [6, 6.07) is 5.35. The molecule has 1 aromatic rings. The van der Waals surface area contributed by atoms with Crippen molar-refractivity contribution in [2.24, 2.45) is 10.9 Å². The predicted octanol–water partition coefficient (Wildman–Crippen LogP) is 2.99. The number of carbonyl (C=O) groups is 1. The Bertz CT molecular complexity index is 468. The van der Waals surface area contributed by atoms with Crippen LogP contribution in [0.2, 0.25) is 5.02 Å². The molecule has 3 nitrogen and oxygen atoms in total. The number of hydrogen-bond donors (Lipinski definition) is 1. The van der Waals surface area contributed by atoms with E-state index in [1.165, 1.54) is 0 Å². The van der Waals surface area contributed by atoms with Gasteiger partial charge in [-0.15, -0.1) is 0 Å². The number of carbonyl (C=O) groups excluding carboxylic acids is 1. The van der Waals surface area contributed by atoms with E-state index in [4.69, 9.17) is 17.3 Å². The normalized spacial score (nSPS) is 23.0. The summed E-state index contributed by atoms with van der Waals surface area (Å²) < 4.78 is 0. The van der Waals surface area contributed by atoms with Crippen molar-refractivity contribution in [1.29, 1.82) is 0 Å². The third kappa shape index (κ3) is 1.95. The van der Waals surface area contributed by atoms with Gasteiger partial charge in [0.25, 0.3) is 0 Å². The van der Waals surface area contributed by atoms with Crippen molar-refractivity contribution in [1.82, 2.24) is 0 Å². The van der Waals surface area contributed by atoms with Gasteiger partial charge in [-0.25, -0.2) is 0 Å². The number of Topliss-reactive ketones (excluding diaryl/α,β-unsaturated/α-hetero) is 1. The smallest absolute Gasteiger partial charge is 0.141 e. The van der Waals surface area contributed by atoms with Gasteiger partial charge in [-0.05, 0) is 18.6 Å². The van der Waals surface area contributed by atoms with E-state index >= 15 is 0 Å². The number of halogens is 1. The average Bonchev–Trinajstić information content (AvgIpc) is 2.57. The first-order valence-corrected chi connectivity index (χ1v) is 5.61. The topological polar surface area (TPSA) is 55.5 Å². The molecule has 0 spiro atoms. The Morgan fingerprint density at radius 1 is 1.44 bits per heavy atom. The van der Waals surface area contributed by atoms with E-state index in [-0.39, 0.29) is 11.7 Å². The molecule has 0 heterocycles. The molecular weight excluding hydrogens is 224 g/mol. The molecule has 1 unspecified atom stereocenters. The zero-order chi connectivity index (χ0) is 11.7. The summed E-state index contributed by atoms with van der Waals surface area (Å²) in [7, 11) is 0. The lowest BCUT2D eigenvalue weighted by Crippen LogP contribution is -2.09. The Morgan fingerprint density at radius 3 is 2.81 bits per heavy atom. The van der Waals surface area contributed by atoms with Crippen LogP contribution in [0, 0.1) is 5.92 Å². The molecular formula is C12H13ClN2O. The van der Waals surface area contributed by atoms with Gasteiger partial charge in [0, 0.05) is 12.1 Å². The number of hydrogen-bond acceptors (Lipinski definition) is 3. The highest BCUT2D eigenvalue weighted by atomic mass is 35.5. The Labute approximate surface area is 99.3 Å². The SMILES string of the molecule is CC1C(=O)CCC1=Nc1cccc(N)c1Cl. The summed E-state index contributed by atoms with van der Waals surface area (Å²) in [5.74, 6) is 0.163. The quantitative estimate of drug-likeness (QED) is 0.762. The third-order valence-electron chi connectivity index (χ3n) is 2.88. The van der Waals surface area contributed by atoms with E-state index < -0.39 is 0 Å². The number of nitrogens with two attached hydrogens (primary N) is 1. The molecule has 0 aromatic heterocycles. The molecule has 0 bridgehead atoms. The lowest BCUT2D eigenvalue weighted by Gasteiger charge is -2.05. The predicted molar refractivity (Wildman–Crippen MR) is 66.4 cm³/mol. The molecule has 0 saturated heterocycles. The molecule has 2 rings (SSSR count). The van der Waals surface area contributed by atoms with Crippen LogP contribution in [0.1, 0.15) is 19.8 Å². The third-order valence-corrected chi connectivity index (χ3v) is 3.29. The monoisotopic (exact) mass is 236 g/mol. The van der Waals surface area contributed by atoms with Crippen LogP contribution in [-0.4, -0.2) is 11.5 Å². The second-order valence-electron chi connectivity index (χ2n) is 3.97. The Morgan fingerprint density at radius 2 is 2.19 bits per heavy atom. The van der Waals surface area contributed by atoms with Crippen molar-refractivity contribution >= 4 is 34.5 Å². The van der Waals surface area contributed by atoms with Crippen LogP contribution in [0.4, 0.5) is 11.4 Å². The van der Waals surface area contributed by atoms with E-state index in [2.05, 4.69) is 4.99 Å². The van der Waals surface area contributed by atoms with Crippen molar-refractivity contribution in [3.8, 4) is 0 Å². The second-order valence-corrected chi connectivity index (χ2v) is 4.35. The van der Waals surface area contributed by atoms with Crippen LogP contribution in [0.3, 0.4) is 0 Å².